The average Bonchev–Trinajstić information content (AvgIpc) is 3.47. The molecule has 3 fully saturated rings. The third-order valence-corrected chi connectivity index (χ3v) is 7.68. The molecule has 0 radical (unpaired) electrons. The van der Waals surface area contributed by atoms with Gasteiger partial charge in [0.15, 0.2) is 0 Å². The first-order valence-corrected chi connectivity index (χ1v) is 12.2. The molecular formula is C25H36N4O. The SMILES string of the molecule is CC(CC1CCCCC1)C(C)c1nccc(-c2cnn(C3COC3)c2CC2CC2)n1. The molecule has 3 heterocycles. The molecule has 162 valence electrons. The Hall–Kier alpha value is -1.75. The van der Waals surface area contributed by atoms with Crippen LogP contribution in [0.3, 0.4) is 0 Å². The Labute approximate surface area is 180 Å². The van der Waals surface area contributed by atoms with Gasteiger partial charge in [0.25, 0.3) is 0 Å². The van der Waals surface area contributed by atoms with Crippen molar-refractivity contribution in [2.24, 2.45) is 17.8 Å². The van der Waals surface area contributed by atoms with Crippen LogP contribution >= 0.6 is 0 Å². The standard InChI is InChI=1S/C25H36N4O/c1-17(12-19-6-4-3-5-7-19)18(2)25-26-11-10-23(28-25)22-14-27-29(21-15-30-16-21)24(22)13-20-8-9-20/h10-11,14,17-21H,3-9,12-13,15-16H2,1-2H3. The summed E-state index contributed by atoms with van der Waals surface area (Å²) < 4.78 is 7.65. The van der Waals surface area contributed by atoms with E-state index in [9.17, 15) is 0 Å². The minimum absolute atomic E-state index is 0.383. The average molecular weight is 409 g/mol. The van der Waals surface area contributed by atoms with Gasteiger partial charge in [-0.3, -0.25) is 4.68 Å². The van der Waals surface area contributed by atoms with Crippen molar-refractivity contribution in [3.63, 3.8) is 0 Å². The summed E-state index contributed by atoms with van der Waals surface area (Å²) in [6.07, 6.45) is 16.2. The molecule has 0 N–H and O–H groups in total. The molecule has 3 aliphatic rings. The van der Waals surface area contributed by atoms with Crippen molar-refractivity contribution in [3.05, 3.63) is 30.0 Å². The quantitative estimate of drug-likeness (QED) is 0.573. The Kier molecular flexibility index (Phi) is 5.90. The first-order chi connectivity index (χ1) is 14.7. The van der Waals surface area contributed by atoms with E-state index in [2.05, 4.69) is 24.6 Å². The second-order valence-electron chi connectivity index (χ2n) is 10.1. The molecule has 30 heavy (non-hydrogen) atoms. The van der Waals surface area contributed by atoms with E-state index in [1.807, 2.05) is 12.4 Å². The summed E-state index contributed by atoms with van der Waals surface area (Å²) >= 11 is 0. The highest BCUT2D eigenvalue weighted by molar-refractivity contribution is 5.61. The molecule has 2 unspecified atom stereocenters. The van der Waals surface area contributed by atoms with Gasteiger partial charge in [0.2, 0.25) is 0 Å². The van der Waals surface area contributed by atoms with Crippen LogP contribution in [0.4, 0.5) is 0 Å². The van der Waals surface area contributed by atoms with Crippen LogP contribution in [-0.2, 0) is 11.2 Å². The maximum atomic E-state index is 5.43. The van der Waals surface area contributed by atoms with Crippen LogP contribution in [0.5, 0.6) is 0 Å². The molecule has 2 aliphatic carbocycles. The van der Waals surface area contributed by atoms with Gasteiger partial charge >= 0.3 is 0 Å². The largest absolute Gasteiger partial charge is 0.377 e. The fraction of sp³-hybridized carbons (Fsp3) is 0.720. The van der Waals surface area contributed by atoms with Crippen LogP contribution in [0.15, 0.2) is 18.5 Å². The Morgan fingerprint density at radius 3 is 2.57 bits per heavy atom. The predicted octanol–water partition coefficient (Wildman–Crippen LogP) is 5.57. The van der Waals surface area contributed by atoms with Gasteiger partial charge in [-0.15, -0.1) is 0 Å². The lowest BCUT2D eigenvalue weighted by atomic mass is 9.79. The number of hydrogen-bond acceptors (Lipinski definition) is 4. The van der Waals surface area contributed by atoms with Gasteiger partial charge in [-0.25, -0.2) is 9.97 Å². The van der Waals surface area contributed by atoms with Crippen LogP contribution in [0.25, 0.3) is 11.3 Å². The molecule has 5 rings (SSSR count). The molecule has 2 aromatic rings. The van der Waals surface area contributed by atoms with Crippen LogP contribution in [0, 0.1) is 17.8 Å². The minimum atomic E-state index is 0.383. The van der Waals surface area contributed by atoms with Gasteiger partial charge < -0.3 is 4.74 Å². The van der Waals surface area contributed by atoms with Crippen molar-refractivity contribution in [2.75, 3.05) is 13.2 Å². The zero-order chi connectivity index (χ0) is 20.5. The van der Waals surface area contributed by atoms with Gasteiger partial charge in [0, 0.05) is 23.4 Å². The molecule has 0 aromatic carbocycles. The molecule has 0 amide bonds. The molecule has 5 heteroatoms. The zero-order valence-corrected chi connectivity index (χ0v) is 18.6. The number of ether oxygens (including phenoxy) is 1. The van der Waals surface area contributed by atoms with E-state index in [0.717, 1.165) is 43.0 Å². The highest BCUT2D eigenvalue weighted by Gasteiger charge is 2.31. The first-order valence-electron chi connectivity index (χ1n) is 12.2. The lowest BCUT2D eigenvalue weighted by Gasteiger charge is -2.28. The number of aromatic nitrogens is 4. The summed E-state index contributed by atoms with van der Waals surface area (Å²) in [7, 11) is 0. The molecule has 1 aliphatic heterocycles. The Balaban J connectivity index is 1.36. The minimum Gasteiger partial charge on any atom is -0.377 e. The molecule has 2 saturated carbocycles. The van der Waals surface area contributed by atoms with Crippen molar-refractivity contribution in [1.82, 2.24) is 19.7 Å². The lowest BCUT2D eigenvalue weighted by Crippen LogP contribution is -2.32. The summed E-state index contributed by atoms with van der Waals surface area (Å²) in [4.78, 5) is 9.76. The van der Waals surface area contributed by atoms with Crippen molar-refractivity contribution in [2.45, 2.75) is 83.6 Å². The topological polar surface area (TPSA) is 52.8 Å². The third kappa shape index (κ3) is 4.32. The fourth-order valence-corrected chi connectivity index (χ4v) is 5.23. The Bertz CT molecular complexity index is 849. The second-order valence-corrected chi connectivity index (χ2v) is 10.1. The van der Waals surface area contributed by atoms with E-state index in [0.29, 0.717) is 17.9 Å². The molecule has 0 bridgehead atoms. The Morgan fingerprint density at radius 2 is 1.87 bits per heavy atom. The molecule has 2 aromatic heterocycles. The number of hydrogen-bond donors (Lipinski definition) is 0. The summed E-state index contributed by atoms with van der Waals surface area (Å²) in [6.45, 7) is 6.27. The maximum absolute atomic E-state index is 5.43. The summed E-state index contributed by atoms with van der Waals surface area (Å²) in [5, 5.41) is 4.76. The van der Waals surface area contributed by atoms with Crippen molar-refractivity contribution < 1.29 is 4.74 Å². The monoisotopic (exact) mass is 408 g/mol. The fourth-order valence-electron chi connectivity index (χ4n) is 5.23. The molecule has 5 nitrogen and oxygen atoms in total. The number of nitrogens with zero attached hydrogens (tertiary/aromatic N) is 4. The van der Waals surface area contributed by atoms with Crippen molar-refractivity contribution in [1.29, 1.82) is 0 Å². The van der Waals surface area contributed by atoms with Gasteiger partial charge in [-0.2, -0.15) is 5.10 Å². The van der Waals surface area contributed by atoms with Crippen molar-refractivity contribution in [3.8, 4) is 11.3 Å². The summed E-state index contributed by atoms with van der Waals surface area (Å²) in [5.74, 6) is 3.70. The van der Waals surface area contributed by atoms with E-state index in [1.165, 1.54) is 62.6 Å². The summed E-state index contributed by atoms with van der Waals surface area (Å²) in [6, 6.07) is 2.46. The van der Waals surface area contributed by atoms with Crippen molar-refractivity contribution >= 4 is 0 Å². The van der Waals surface area contributed by atoms with Crippen LogP contribution in [-0.4, -0.2) is 33.0 Å². The molecular weight excluding hydrogens is 372 g/mol. The lowest BCUT2D eigenvalue weighted by molar-refractivity contribution is -0.0298. The molecule has 1 saturated heterocycles. The normalized spacial score (nSPS) is 22.6. The van der Waals surface area contributed by atoms with E-state index in [1.54, 1.807) is 0 Å². The summed E-state index contributed by atoms with van der Waals surface area (Å²) in [5.41, 5.74) is 3.58. The van der Waals surface area contributed by atoms with Gasteiger partial charge in [-0.1, -0.05) is 46.0 Å². The molecule has 0 spiro atoms. The van der Waals surface area contributed by atoms with E-state index < -0.39 is 0 Å². The van der Waals surface area contributed by atoms with Crippen LogP contribution in [0.1, 0.15) is 88.7 Å². The number of rotatable bonds is 8. The Morgan fingerprint density at radius 1 is 1.07 bits per heavy atom. The first kappa shape index (κ1) is 20.2. The van der Waals surface area contributed by atoms with Gasteiger partial charge in [0.1, 0.15) is 5.82 Å². The van der Waals surface area contributed by atoms with E-state index in [4.69, 9.17) is 19.8 Å². The highest BCUT2D eigenvalue weighted by atomic mass is 16.5. The third-order valence-electron chi connectivity index (χ3n) is 7.68. The maximum Gasteiger partial charge on any atom is 0.132 e. The smallest absolute Gasteiger partial charge is 0.132 e. The second kappa shape index (κ2) is 8.78. The molecule has 2 atom stereocenters. The zero-order valence-electron chi connectivity index (χ0n) is 18.6. The van der Waals surface area contributed by atoms with Crippen LogP contribution in [0.2, 0.25) is 0 Å². The van der Waals surface area contributed by atoms with Gasteiger partial charge in [-0.05, 0) is 49.5 Å². The van der Waals surface area contributed by atoms with E-state index >= 15 is 0 Å². The predicted molar refractivity (Wildman–Crippen MR) is 118 cm³/mol. The van der Waals surface area contributed by atoms with Gasteiger partial charge in [0.05, 0.1) is 31.1 Å². The highest BCUT2D eigenvalue weighted by Crippen LogP contribution is 2.38. The van der Waals surface area contributed by atoms with Crippen LogP contribution < -0.4 is 0 Å². The van der Waals surface area contributed by atoms with E-state index in [-0.39, 0.29) is 0 Å².